The second-order valence-corrected chi connectivity index (χ2v) is 7.73. The first-order valence-electron chi connectivity index (χ1n) is 10.7. The number of benzene rings is 2. The molecule has 1 N–H and O–H groups in total. The number of rotatable bonds is 9. The monoisotopic (exact) mass is 448 g/mol. The highest BCUT2D eigenvalue weighted by atomic mass is 19.1. The van der Waals surface area contributed by atoms with Crippen LogP contribution in [0.3, 0.4) is 0 Å². The normalized spacial score (nSPS) is 11.1. The maximum Gasteiger partial charge on any atom is 0.277 e. The predicted molar refractivity (Wildman–Crippen MR) is 124 cm³/mol. The highest BCUT2D eigenvalue weighted by Crippen LogP contribution is 2.27. The number of halogens is 1. The number of methoxy groups -OCH3 is 1. The van der Waals surface area contributed by atoms with Crippen LogP contribution in [-0.4, -0.2) is 33.7 Å². The molecule has 170 valence electrons. The van der Waals surface area contributed by atoms with Crippen molar-refractivity contribution in [2.75, 3.05) is 13.7 Å². The van der Waals surface area contributed by atoms with Crippen LogP contribution in [0.15, 0.2) is 71.9 Å². The summed E-state index contributed by atoms with van der Waals surface area (Å²) in [5.74, 6) is -0.586. The van der Waals surface area contributed by atoms with Gasteiger partial charge in [-0.1, -0.05) is 42.5 Å². The summed E-state index contributed by atoms with van der Waals surface area (Å²) in [5.41, 5.74) is 3.22. The topological polar surface area (TPSA) is 78.2 Å². The molecule has 33 heavy (non-hydrogen) atoms. The first-order chi connectivity index (χ1) is 16.1. The zero-order valence-electron chi connectivity index (χ0n) is 18.3. The second kappa shape index (κ2) is 10.2. The second-order valence-electron chi connectivity index (χ2n) is 7.73. The van der Waals surface area contributed by atoms with E-state index in [1.807, 2.05) is 30.3 Å². The van der Waals surface area contributed by atoms with Gasteiger partial charge in [0.2, 0.25) is 5.91 Å². The Morgan fingerprint density at radius 1 is 1.09 bits per heavy atom. The Hall–Kier alpha value is -3.78. The Morgan fingerprint density at radius 2 is 1.85 bits per heavy atom. The van der Waals surface area contributed by atoms with Gasteiger partial charge >= 0.3 is 0 Å². The van der Waals surface area contributed by atoms with Crippen molar-refractivity contribution in [3.05, 3.63) is 88.9 Å². The van der Waals surface area contributed by atoms with E-state index in [1.54, 1.807) is 40.9 Å². The van der Waals surface area contributed by atoms with Crippen molar-refractivity contribution in [1.29, 1.82) is 0 Å². The molecule has 4 aromatic rings. The maximum absolute atomic E-state index is 13.3. The SMILES string of the molecule is COCCCn1cnc2c(-c3ccccc3)cn(CC(=O)NCc3ccc(F)cc3)c2c1=O. The number of hydrogen-bond acceptors (Lipinski definition) is 4. The van der Waals surface area contributed by atoms with Crippen LogP contribution in [0.2, 0.25) is 0 Å². The fourth-order valence-corrected chi connectivity index (χ4v) is 3.72. The molecule has 2 aromatic carbocycles. The Kier molecular flexibility index (Phi) is 6.95. The van der Waals surface area contributed by atoms with Crippen LogP contribution in [0, 0.1) is 5.82 Å². The number of nitrogens with one attached hydrogen (secondary N) is 1. The van der Waals surface area contributed by atoms with E-state index in [0.29, 0.717) is 30.6 Å². The Labute approximate surface area is 190 Å². The molecule has 0 bridgehead atoms. The third kappa shape index (κ3) is 5.18. The molecule has 8 heteroatoms. The lowest BCUT2D eigenvalue weighted by molar-refractivity contribution is -0.121. The van der Waals surface area contributed by atoms with Crippen molar-refractivity contribution in [2.45, 2.75) is 26.1 Å². The van der Waals surface area contributed by atoms with Crippen molar-refractivity contribution >= 4 is 16.9 Å². The Balaban J connectivity index is 1.64. The lowest BCUT2D eigenvalue weighted by Gasteiger charge is -2.09. The number of amides is 1. The van der Waals surface area contributed by atoms with Crippen molar-refractivity contribution in [2.24, 2.45) is 0 Å². The first-order valence-corrected chi connectivity index (χ1v) is 10.7. The largest absolute Gasteiger partial charge is 0.385 e. The lowest BCUT2D eigenvalue weighted by Crippen LogP contribution is -2.29. The molecule has 2 heterocycles. The average molecular weight is 448 g/mol. The molecule has 4 rings (SSSR count). The van der Waals surface area contributed by atoms with Crippen molar-refractivity contribution in [3.8, 4) is 11.1 Å². The highest BCUT2D eigenvalue weighted by Gasteiger charge is 2.18. The van der Waals surface area contributed by atoms with E-state index < -0.39 is 0 Å². The Bertz CT molecular complexity index is 1300. The zero-order chi connectivity index (χ0) is 23.2. The van der Waals surface area contributed by atoms with Gasteiger partial charge in [0.05, 0.1) is 6.33 Å². The third-order valence-electron chi connectivity index (χ3n) is 5.39. The van der Waals surface area contributed by atoms with E-state index in [-0.39, 0.29) is 30.4 Å². The van der Waals surface area contributed by atoms with Gasteiger partial charge < -0.3 is 14.6 Å². The smallest absolute Gasteiger partial charge is 0.277 e. The minimum Gasteiger partial charge on any atom is -0.385 e. The van der Waals surface area contributed by atoms with Crippen LogP contribution < -0.4 is 10.9 Å². The number of nitrogens with zero attached hydrogens (tertiary/aromatic N) is 3. The van der Waals surface area contributed by atoms with E-state index in [0.717, 1.165) is 16.7 Å². The molecule has 1 amide bonds. The van der Waals surface area contributed by atoms with Gasteiger partial charge in [-0.2, -0.15) is 0 Å². The molecule has 0 saturated heterocycles. The summed E-state index contributed by atoms with van der Waals surface area (Å²) in [6, 6.07) is 15.6. The van der Waals surface area contributed by atoms with Gasteiger partial charge in [0, 0.05) is 38.6 Å². The molecule has 0 aliphatic heterocycles. The van der Waals surface area contributed by atoms with Gasteiger partial charge in [0.25, 0.3) is 5.56 Å². The van der Waals surface area contributed by atoms with E-state index in [2.05, 4.69) is 10.3 Å². The fraction of sp³-hybridized carbons (Fsp3) is 0.240. The number of fused-ring (bicyclic) bond motifs is 1. The quantitative estimate of drug-likeness (QED) is 0.399. The van der Waals surface area contributed by atoms with Crippen molar-refractivity contribution in [1.82, 2.24) is 19.4 Å². The molecule has 0 unspecified atom stereocenters. The number of carbonyl (C=O) groups excluding carboxylic acids is 1. The summed E-state index contributed by atoms with van der Waals surface area (Å²) in [6.45, 7) is 1.23. The number of carbonyl (C=O) groups is 1. The minimum absolute atomic E-state index is 0.0382. The third-order valence-corrected chi connectivity index (χ3v) is 5.39. The molecule has 0 spiro atoms. The average Bonchev–Trinajstić information content (AvgIpc) is 3.20. The van der Waals surface area contributed by atoms with E-state index in [9.17, 15) is 14.0 Å². The molecule has 0 aliphatic rings. The first kappa shape index (κ1) is 22.4. The summed E-state index contributed by atoms with van der Waals surface area (Å²) in [5, 5.41) is 2.83. The van der Waals surface area contributed by atoms with Gasteiger partial charge in [-0.25, -0.2) is 9.37 Å². The van der Waals surface area contributed by atoms with E-state index >= 15 is 0 Å². The molecule has 0 saturated carbocycles. The molecule has 0 fully saturated rings. The fourth-order valence-electron chi connectivity index (χ4n) is 3.72. The van der Waals surface area contributed by atoms with Gasteiger partial charge in [0.15, 0.2) is 0 Å². The summed E-state index contributed by atoms with van der Waals surface area (Å²) < 4.78 is 21.4. The van der Waals surface area contributed by atoms with Gasteiger partial charge in [0.1, 0.15) is 23.4 Å². The van der Waals surface area contributed by atoms with Crippen molar-refractivity contribution < 1.29 is 13.9 Å². The standard InChI is InChI=1S/C25H25FN4O3/c1-33-13-5-12-29-17-28-23-21(19-6-3-2-4-7-19)15-30(24(23)25(29)32)16-22(31)27-14-18-8-10-20(26)11-9-18/h2-4,6-11,15,17H,5,12-14,16H2,1H3,(H,27,31). The van der Waals surface area contributed by atoms with Crippen LogP contribution in [0.1, 0.15) is 12.0 Å². The number of ether oxygens (including phenoxy) is 1. The minimum atomic E-state index is -0.327. The molecular formula is C25H25FN4O3. The van der Waals surface area contributed by atoms with Crippen LogP contribution in [0.4, 0.5) is 4.39 Å². The molecular weight excluding hydrogens is 423 g/mol. The van der Waals surface area contributed by atoms with Crippen molar-refractivity contribution in [3.63, 3.8) is 0 Å². The maximum atomic E-state index is 13.3. The molecule has 2 aromatic heterocycles. The van der Waals surface area contributed by atoms with Gasteiger partial charge in [-0.15, -0.1) is 0 Å². The lowest BCUT2D eigenvalue weighted by atomic mass is 10.1. The van der Waals surface area contributed by atoms with Crippen LogP contribution in [0.5, 0.6) is 0 Å². The molecule has 0 atom stereocenters. The van der Waals surface area contributed by atoms with E-state index in [1.165, 1.54) is 12.1 Å². The molecule has 7 nitrogen and oxygen atoms in total. The number of aryl methyl sites for hydroxylation is 1. The molecule has 0 aliphatic carbocycles. The van der Waals surface area contributed by atoms with E-state index in [4.69, 9.17) is 4.74 Å². The molecule has 0 radical (unpaired) electrons. The summed E-state index contributed by atoms with van der Waals surface area (Å²) in [4.78, 5) is 30.5. The van der Waals surface area contributed by atoms with Gasteiger partial charge in [-0.3, -0.25) is 14.2 Å². The van der Waals surface area contributed by atoms with Crippen LogP contribution >= 0.6 is 0 Å². The summed E-state index contributed by atoms with van der Waals surface area (Å²) in [7, 11) is 1.62. The van der Waals surface area contributed by atoms with Gasteiger partial charge in [-0.05, 0) is 29.7 Å². The summed E-state index contributed by atoms with van der Waals surface area (Å²) >= 11 is 0. The van der Waals surface area contributed by atoms with Crippen LogP contribution in [-0.2, 0) is 29.2 Å². The number of aromatic nitrogens is 3. The summed E-state index contributed by atoms with van der Waals surface area (Å²) in [6.07, 6.45) is 4.02. The Morgan fingerprint density at radius 3 is 2.58 bits per heavy atom. The zero-order valence-corrected chi connectivity index (χ0v) is 18.3. The predicted octanol–water partition coefficient (Wildman–Crippen LogP) is 3.36. The number of hydrogen-bond donors (Lipinski definition) is 1. The highest BCUT2D eigenvalue weighted by molar-refractivity contribution is 5.93. The van der Waals surface area contributed by atoms with Crippen LogP contribution in [0.25, 0.3) is 22.2 Å².